The summed E-state index contributed by atoms with van der Waals surface area (Å²) in [6.07, 6.45) is -0.987. The number of rotatable bonds is 2. The van der Waals surface area contributed by atoms with Gasteiger partial charge in [0.2, 0.25) is 0 Å². The Bertz CT molecular complexity index is 316. The van der Waals surface area contributed by atoms with Crippen LogP contribution >= 0.6 is 23.2 Å². The van der Waals surface area contributed by atoms with Crippen LogP contribution in [-0.2, 0) is 6.32 Å². The van der Waals surface area contributed by atoms with Crippen LogP contribution in [0.25, 0.3) is 0 Å². The fraction of sp³-hybridized carbons (Fsp3) is 0.143. The Kier molecular flexibility index (Phi) is 6.70. The van der Waals surface area contributed by atoms with Crippen LogP contribution in [0.15, 0.2) is 18.2 Å². The minimum atomic E-state index is -4.86. The zero-order valence-electron chi connectivity index (χ0n) is 7.41. The first-order chi connectivity index (χ1) is 5.88. The Morgan fingerprint density at radius 1 is 1.14 bits per heavy atom. The molecule has 0 unspecified atom stereocenters. The van der Waals surface area contributed by atoms with Crippen molar-refractivity contribution < 1.29 is 64.3 Å². The average molecular weight is 267 g/mol. The van der Waals surface area contributed by atoms with E-state index in [1.165, 1.54) is 18.2 Å². The standard InChI is InChI=1S/C7H5BCl2F3.K/c9-6-1-2-7(10)5(3-6)4-8(11,12)13;/h1-3H,4H2;/q-1;+1. The Labute approximate surface area is 133 Å². The van der Waals surface area contributed by atoms with Crippen LogP contribution in [0, 0.1) is 0 Å². The summed E-state index contributed by atoms with van der Waals surface area (Å²) in [7, 11) is 0. The molecule has 7 heteroatoms. The fourth-order valence-corrected chi connectivity index (χ4v) is 1.34. The molecule has 0 bridgehead atoms. The molecule has 0 heterocycles. The predicted octanol–water partition coefficient (Wildman–Crippen LogP) is 0.927. The van der Waals surface area contributed by atoms with Crippen LogP contribution in [-0.4, -0.2) is 6.98 Å². The molecule has 0 fully saturated rings. The Hall–Kier alpha value is 1.29. The van der Waals surface area contributed by atoms with E-state index >= 15 is 0 Å². The molecule has 72 valence electrons. The maximum absolute atomic E-state index is 12.0. The van der Waals surface area contributed by atoms with E-state index < -0.39 is 13.3 Å². The van der Waals surface area contributed by atoms with Crippen molar-refractivity contribution in [2.45, 2.75) is 6.32 Å². The monoisotopic (exact) mass is 266 g/mol. The van der Waals surface area contributed by atoms with E-state index in [0.29, 0.717) is 0 Å². The van der Waals surface area contributed by atoms with Gasteiger partial charge in [-0.25, -0.2) is 0 Å². The van der Waals surface area contributed by atoms with Gasteiger partial charge in [-0.1, -0.05) is 35.1 Å². The summed E-state index contributed by atoms with van der Waals surface area (Å²) in [5, 5.41) is 0.364. The minimum Gasteiger partial charge on any atom is -0.449 e. The van der Waals surface area contributed by atoms with Crippen molar-refractivity contribution in [1.82, 2.24) is 0 Å². The van der Waals surface area contributed by atoms with Gasteiger partial charge in [-0.3, -0.25) is 0 Å². The molecule has 1 aromatic rings. The van der Waals surface area contributed by atoms with Crippen molar-refractivity contribution in [3.05, 3.63) is 33.8 Å². The second-order valence-electron chi connectivity index (χ2n) is 2.65. The van der Waals surface area contributed by atoms with Gasteiger partial charge in [-0.2, -0.15) is 0 Å². The molecule has 0 saturated heterocycles. The van der Waals surface area contributed by atoms with Gasteiger partial charge in [0, 0.05) is 10.0 Å². The zero-order chi connectivity index (χ0) is 10.1. The van der Waals surface area contributed by atoms with E-state index in [4.69, 9.17) is 23.2 Å². The summed E-state index contributed by atoms with van der Waals surface area (Å²) < 4.78 is 36.0. The van der Waals surface area contributed by atoms with Gasteiger partial charge in [0.15, 0.2) is 0 Å². The Morgan fingerprint density at radius 2 is 1.71 bits per heavy atom. The molecular weight excluding hydrogens is 262 g/mol. The fourth-order valence-electron chi connectivity index (χ4n) is 0.949. The Balaban J connectivity index is 0.00000169. The molecule has 0 nitrogen and oxygen atoms in total. The molecule has 1 rings (SSSR count). The van der Waals surface area contributed by atoms with Crippen molar-refractivity contribution in [3.8, 4) is 0 Å². The number of halogens is 5. The largest absolute Gasteiger partial charge is 1.00 e. The summed E-state index contributed by atoms with van der Waals surface area (Å²) in [5.74, 6) is 0. The molecular formula is C7H5BCl2F3K. The molecule has 1 aromatic carbocycles. The van der Waals surface area contributed by atoms with Crippen LogP contribution in [0.3, 0.4) is 0 Å². The summed E-state index contributed by atoms with van der Waals surface area (Å²) in [6.45, 7) is -4.86. The van der Waals surface area contributed by atoms with Crippen LogP contribution in [0.4, 0.5) is 12.9 Å². The van der Waals surface area contributed by atoms with Crippen molar-refractivity contribution in [1.29, 1.82) is 0 Å². The first kappa shape index (κ1) is 15.3. The first-order valence-electron chi connectivity index (χ1n) is 3.53. The third-order valence-electron chi connectivity index (χ3n) is 1.46. The van der Waals surface area contributed by atoms with Crippen LogP contribution in [0.5, 0.6) is 0 Å². The number of benzene rings is 1. The summed E-state index contributed by atoms with van der Waals surface area (Å²) in [5.41, 5.74) is 0.0293. The zero-order valence-corrected chi connectivity index (χ0v) is 12.0. The topological polar surface area (TPSA) is 0 Å². The summed E-state index contributed by atoms with van der Waals surface area (Å²) in [4.78, 5) is 0. The van der Waals surface area contributed by atoms with Crippen LogP contribution in [0.1, 0.15) is 5.56 Å². The summed E-state index contributed by atoms with van der Waals surface area (Å²) >= 11 is 11.1. The SMILES string of the molecule is F[B-](F)(F)Cc1cc(Cl)ccc1Cl.[K+]. The molecule has 0 radical (unpaired) electrons. The van der Waals surface area contributed by atoms with E-state index in [-0.39, 0.29) is 67.0 Å². The summed E-state index contributed by atoms with van der Waals surface area (Å²) in [6, 6.07) is 4.05. The van der Waals surface area contributed by atoms with Gasteiger partial charge < -0.3 is 12.9 Å². The van der Waals surface area contributed by atoms with Crippen molar-refractivity contribution in [2.24, 2.45) is 0 Å². The molecule has 0 aliphatic carbocycles. The molecule has 0 saturated carbocycles. The normalized spacial score (nSPS) is 10.9. The van der Waals surface area contributed by atoms with Gasteiger partial charge in [-0.15, -0.1) is 0 Å². The molecule has 0 aliphatic rings. The van der Waals surface area contributed by atoms with Crippen LogP contribution < -0.4 is 51.4 Å². The number of hydrogen-bond acceptors (Lipinski definition) is 0. The van der Waals surface area contributed by atoms with Gasteiger partial charge in [0.1, 0.15) is 0 Å². The van der Waals surface area contributed by atoms with E-state index in [1.807, 2.05) is 0 Å². The van der Waals surface area contributed by atoms with E-state index in [0.717, 1.165) is 0 Å². The third-order valence-corrected chi connectivity index (χ3v) is 2.06. The van der Waals surface area contributed by atoms with Gasteiger partial charge >= 0.3 is 58.4 Å². The van der Waals surface area contributed by atoms with Crippen LogP contribution in [0.2, 0.25) is 10.0 Å². The molecule has 0 aliphatic heterocycles. The second-order valence-corrected chi connectivity index (χ2v) is 3.49. The first-order valence-corrected chi connectivity index (χ1v) is 4.29. The van der Waals surface area contributed by atoms with E-state index in [2.05, 4.69) is 0 Å². The van der Waals surface area contributed by atoms with Gasteiger partial charge in [-0.05, 0) is 18.2 Å². The Morgan fingerprint density at radius 3 is 2.21 bits per heavy atom. The maximum atomic E-state index is 12.0. The predicted molar refractivity (Wildman–Crippen MR) is 49.2 cm³/mol. The van der Waals surface area contributed by atoms with Gasteiger partial charge in [0.25, 0.3) is 0 Å². The van der Waals surface area contributed by atoms with Crippen molar-refractivity contribution >= 4 is 30.2 Å². The van der Waals surface area contributed by atoms with E-state index in [9.17, 15) is 12.9 Å². The van der Waals surface area contributed by atoms with Gasteiger partial charge in [0.05, 0.1) is 0 Å². The molecule has 0 spiro atoms. The molecule has 0 N–H and O–H groups in total. The van der Waals surface area contributed by atoms with Crippen molar-refractivity contribution in [2.75, 3.05) is 0 Å². The second kappa shape index (κ2) is 6.13. The van der Waals surface area contributed by atoms with E-state index in [1.54, 1.807) is 0 Å². The molecule has 0 aromatic heterocycles. The average Bonchev–Trinajstić information content (AvgIpc) is 1.94. The molecule has 0 amide bonds. The quantitative estimate of drug-likeness (QED) is 0.699. The van der Waals surface area contributed by atoms with Crippen molar-refractivity contribution in [3.63, 3.8) is 0 Å². The molecule has 0 atom stereocenters. The number of hydrogen-bond donors (Lipinski definition) is 0. The molecule has 14 heavy (non-hydrogen) atoms. The minimum absolute atomic E-state index is 0. The maximum Gasteiger partial charge on any atom is 1.00 e. The third kappa shape index (κ3) is 5.40. The smallest absolute Gasteiger partial charge is 0.449 e.